The molecule has 1 aliphatic carbocycles. The van der Waals surface area contributed by atoms with Gasteiger partial charge in [-0.1, -0.05) is 0 Å². The van der Waals surface area contributed by atoms with Crippen molar-refractivity contribution in [3.8, 4) is 0 Å². The predicted octanol–water partition coefficient (Wildman–Crippen LogP) is 1.24. The SMILES string of the molecule is O=C(O)CCN(c1cn[nH]c1)C1CCC1. The standard InChI is InChI=1S/C10H15N3O2/c14-10(15)4-5-13(8-2-1-3-8)9-6-11-12-7-9/h6-8H,1-5H2,(H,11,12)(H,14,15). The highest BCUT2D eigenvalue weighted by molar-refractivity contribution is 5.67. The minimum atomic E-state index is -0.747. The summed E-state index contributed by atoms with van der Waals surface area (Å²) >= 11 is 0. The molecule has 1 fully saturated rings. The van der Waals surface area contributed by atoms with Gasteiger partial charge in [0.05, 0.1) is 18.3 Å². The molecule has 1 aliphatic rings. The largest absolute Gasteiger partial charge is 0.481 e. The van der Waals surface area contributed by atoms with E-state index in [1.165, 1.54) is 6.42 Å². The molecule has 0 radical (unpaired) electrons. The van der Waals surface area contributed by atoms with Gasteiger partial charge in [-0.15, -0.1) is 0 Å². The Hall–Kier alpha value is -1.52. The van der Waals surface area contributed by atoms with Crippen LogP contribution in [0.2, 0.25) is 0 Å². The lowest BCUT2D eigenvalue weighted by Gasteiger charge is -2.38. The second kappa shape index (κ2) is 4.33. The van der Waals surface area contributed by atoms with Crippen molar-refractivity contribution in [3.05, 3.63) is 12.4 Å². The average molecular weight is 209 g/mol. The van der Waals surface area contributed by atoms with E-state index in [9.17, 15) is 4.79 Å². The van der Waals surface area contributed by atoms with E-state index in [-0.39, 0.29) is 6.42 Å². The van der Waals surface area contributed by atoms with Crippen LogP contribution in [0.25, 0.3) is 0 Å². The highest BCUT2D eigenvalue weighted by Gasteiger charge is 2.25. The Bertz CT molecular complexity index is 319. The maximum atomic E-state index is 10.6. The monoisotopic (exact) mass is 209 g/mol. The van der Waals surface area contributed by atoms with Crippen molar-refractivity contribution in [2.75, 3.05) is 11.4 Å². The van der Waals surface area contributed by atoms with Crippen LogP contribution in [0.15, 0.2) is 12.4 Å². The summed E-state index contributed by atoms with van der Waals surface area (Å²) in [5.74, 6) is -0.747. The molecule has 0 aromatic carbocycles. The third-order valence-electron chi connectivity index (χ3n) is 2.90. The van der Waals surface area contributed by atoms with Crippen LogP contribution >= 0.6 is 0 Å². The number of aliphatic carboxylic acids is 1. The summed E-state index contributed by atoms with van der Waals surface area (Å²) in [6.07, 6.45) is 7.31. The lowest BCUT2D eigenvalue weighted by molar-refractivity contribution is -0.136. The number of anilines is 1. The second-order valence-electron chi connectivity index (χ2n) is 3.88. The van der Waals surface area contributed by atoms with Crippen molar-refractivity contribution < 1.29 is 9.90 Å². The maximum Gasteiger partial charge on any atom is 0.305 e. The van der Waals surface area contributed by atoms with Gasteiger partial charge in [0, 0.05) is 18.8 Å². The first-order chi connectivity index (χ1) is 7.27. The molecule has 5 nitrogen and oxygen atoms in total. The first-order valence-electron chi connectivity index (χ1n) is 5.24. The van der Waals surface area contributed by atoms with Crippen molar-refractivity contribution in [1.82, 2.24) is 10.2 Å². The molecule has 0 aliphatic heterocycles. The van der Waals surface area contributed by atoms with Crippen LogP contribution < -0.4 is 4.90 Å². The summed E-state index contributed by atoms with van der Waals surface area (Å²) in [5, 5.41) is 15.3. The van der Waals surface area contributed by atoms with Crippen LogP contribution in [-0.2, 0) is 4.79 Å². The third kappa shape index (κ3) is 2.29. The van der Waals surface area contributed by atoms with Crippen LogP contribution in [0.5, 0.6) is 0 Å². The number of rotatable bonds is 5. The Morgan fingerprint density at radius 1 is 1.67 bits per heavy atom. The Balaban J connectivity index is 1.99. The maximum absolute atomic E-state index is 10.6. The van der Waals surface area contributed by atoms with E-state index in [4.69, 9.17) is 5.11 Å². The minimum Gasteiger partial charge on any atom is -0.481 e. The van der Waals surface area contributed by atoms with Crippen molar-refractivity contribution in [1.29, 1.82) is 0 Å². The fourth-order valence-electron chi connectivity index (χ4n) is 1.84. The highest BCUT2D eigenvalue weighted by atomic mass is 16.4. The van der Waals surface area contributed by atoms with E-state index in [1.54, 1.807) is 6.20 Å². The van der Waals surface area contributed by atoms with E-state index in [0.29, 0.717) is 12.6 Å². The summed E-state index contributed by atoms with van der Waals surface area (Å²) in [7, 11) is 0. The zero-order valence-electron chi connectivity index (χ0n) is 8.52. The molecule has 1 aromatic heterocycles. The molecule has 5 heteroatoms. The molecule has 1 heterocycles. The Labute approximate surface area is 88.1 Å². The molecular weight excluding hydrogens is 194 g/mol. The van der Waals surface area contributed by atoms with Gasteiger partial charge in [0.1, 0.15) is 0 Å². The fraction of sp³-hybridized carbons (Fsp3) is 0.600. The lowest BCUT2D eigenvalue weighted by atomic mass is 9.91. The summed E-state index contributed by atoms with van der Waals surface area (Å²) in [5.41, 5.74) is 1.00. The molecule has 2 N–H and O–H groups in total. The molecule has 1 saturated carbocycles. The van der Waals surface area contributed by atoms with Gasteiger partial charge in [0.15, 0.2) is 0 Å². The van der Waals surface area contributed by atoms with Gasteiger partial charge in [0.25, 0.3) is 0 Å². The number of carbonyl (C=O) groups is 1. The average Bonchev–Trinajstić information content (AvgIpc) is 2.60. The van der Waals surface area contributed by atoms with E-state index in [1.807, 2.05) is 6.20 Å². The molecule has 0 saturated heterocycles. The minimum absolute atomic E-state index is 0.182. The molecule has 0 bridgehead atoms. The third-order valence-corrected chi connectivity index (χ3v) is 2.90. The Morgan fingerprint density at radius 3 is 2.93 bits per heavy atom. The molecular formula is C10H15N3O2. The summed E-state index contributed by atoms with van der Waals surface area (Å²) in [4.78, 5) is 12.7. The number of carboxylic acids is 1. The summed E-state index contributed by atoms with van der Waals surface area (Å²) < 4.78 is 0. The van der Waals surface area contributed by atoms with Crippen molar-refractivity contribution >= 4 is 11.7 Å². The zero-order valence-corrected chi connectivity index (χ0v) is 8.52. The van der Waals surface area contributed by atoms with Crippen LogP contribution in [0.4, 0.5) is 5.69 Å². The number of aromatic nitrogens is 2. The number of nitrogens with zero attached hydrogens (tertiary/aromatic N) is 2. The first-order valence-corrected chi connectivity index (χ1v) is 5.24. The normalized spacial score (nSPS) is 16.0. The number of hydrogen-bond acceptors (Lipinski definition) is 3. The molecule has 0 spiro atoms. The van der Waals surface area contributed by atoms with Gasteiger partial charge >= 0.3 is 5.97 Å². The number of carboxylic acid groups (broad SMARTS) is 1. The summed E-state index contributed by atoms with van der Waals surface area (Å²) in [6.45, 7) is 0.569. The Morgan fingerprint density at radius 2 is 2.47 bits per heavy atom. The van der Waals surface area contributed by atoms with Gasteiger partial charge in [0.2, 0.25) is 0 Å². The molecule has 0 unspecified atom stereocenters. The number of aromatic amines is 1. The van der Waals surface area contributed by atoms with Gasteiger partial charge in [-0.3, -0.25) is 9.89 Å². The van der Waals surface area contributed by atoms with E-state index in [2.05, 4.69) is 15.1 Å². The number of hydrogen-bond donors (Lipinski definition) is 2. The second-order valence-corrected chi connectivity index (χ2v) is 3.88. The Kier molecular flexibility index (Phi) is 2.89. The molecule has 15 heavy (non-hydrogen) atoms. The predicted molar refractivity (Wildman–Crippen MR) is 55.8 cm³/mol. The van der Waals surface area contributed by atoms with E-state index < -0.39 is 5.97 Å². The van der Waals surface area contributed by atoms with Gasteiger partial charge in [-0.05, 0) is 19.3 Å². The quantitative estimate of drug-likeness (QED) is 0.765. The van der Waals surface area contributed by atoms with Crippen LogP contribution in [0.3, 0.4) is 0 Å². The fourth-order valence-corrected chi connectivity index (χ4v) is 1.84. The van der Waals surface area contributed by atoms with Crippen molar-refractivity contribution in [2.45, 2.75) is 31.7 Å². The van der Waals surface area contributed by atoms with E-state index in [0.717, 1.165) is 18.5 Å². The smallest absolute Gasteiger partial charge is 0.305 e. The lowest BCUT2D eigenvalue weighted by Crippen LogP contribution is -2.41. The highest BCUT2D eigenvalue weighted by Crippen LogP contribution is 2.28. The molecule has 0 amide bonds. The van der Waals surface area contributed by atoms with E-state index >= 15 is 0 Å². The molecule has 82 valence electrons. The van der Waals surface area contributed by atoms with Gasteiger partial charge < -0.3 is 10.0 Å². The molecule has 1 aromatic rings. The first kappa shape index (κ1) is 10.0. The molecule has 2 rings (SSSR count). The van der Waals surface area contributed by atoms with Gasteiger partial charge in [-0.25, -0.2) is 0 Å². The van der Waals surface area contributed by atoms with Gasteiger partial charge in [-0.2, -0.15) is 5.10 Å². The topological polar surface area (TPSA) is 69.2 Å². The zero-order chi connectivity index (χ0) is 10.7. The summed E-state index contributed by atoms with van der Waals surface area (Å²) in [6, 6.07) is 0.502. The van der Waals surface area contributed by atoms with Crippen molar-refractivity contribution in [3.63, 3.8) is 0 Å². The van der Waals surface area contributed by atoms with Crippen LogP contribution in [0.1, 0.15) is 25.7 Å². The number of nitrogens with one attached hydrogen (secondary N) is 1. The van der Waals surface area contributed by atoms with Crippen molar-refractivity contribution in [2.24, 2.45) is 0 Å². The van der Waals surface area contributed by atoms with Crippen LogP contribution in [-0.4, -0.2) is 33.9 Å². The molecule has 0 atom stereocenters. The van der Waals surface area contributed by atoms with Crippen LogP contribution in [0, 0.1) is 0 Å². The number of H-pyrrole nitrogens is 1.